The van der Waals surface area contributed by atoms with E-state index in [1.807, 2.05) is 6.07 Å². The van der Waals surface area contributed by atoms with Gasteiger partial charge >= 0.3 is 6.18 Å². The summed E-state index contributed by atoms with van der Waals surface area (Å²) in [6.45, 7) is 0.264. The Labute approximate surface area is 183 Å². The fourth-order valence-corrected chi connectivity index (χ4v) is 3.01. The van der Waals surface area contributed by atoms with Crippen molar-refractivity contribution >= 4 is 23.2 Å². The molecule has 3 rings (SSSR count). The molecule has 0 spiro atoms. The molecule has 0 saturated heterocycles. The molecule has 0 radical (unpaired) electrons. The number of nitrogens with one attached hydrogen (secondary N) is 2. The Morgan fingerprint density at radius 2 is 1.78 bits per heavy atom. The molecule has 0 aliphatic rings. The Morgan fingerprint density at radius 1 is 1.00 bits per heavy atom. The van der Waals surface area contributed by atoms with E-state index < -0.39 is 17.6 Å². The Morgan fingerprint density at radius 3 is 2.44 bits per heavy atom. The molecular formula is C23H21F3N4O2. The predicted molar refractivity (Wildman–Crippen MR) is 116 cm³/mol. The average molecular weight is 442 g/mol. The van der Waals surface area contributed by atoms with Gasteiger partial charge in [0.15, 0.2) is 0 Å². The number of amides is 2. The van der Waals surface area contributed by atoms with E-state index in [0.29, 0.717) is 11.3 Å². The first kappa shape index (κ1) is 22.8. The minimum absolute atomic E-state index is 0.140. The number of rotatable bonds is 6. The van der Waals surface area contributed by atoms with Crippen molar-refractivity contribution in [2.24, 2.45) is 0 Å². The lowest BCUT2D eigenvalue weighted by Gasteiger charge is -2.18. The number of carbonyl (C=O) groups excluding carboxylic acids is 2. The molecule has 0 atom stereocenters. The first-order valence-electron chi connectivity index (χ1n) is 9.62. The molecule has 1 heterocycles. The van der Waals surface area contributed by atoms with Gasteiger partial charge in [-0.1, -0.05) is 12.1 Å². The summed E-state index contributed by atoms with van der Waals surface area (Å²) in [6, 6.07) is 12.4. The second-order valence-electron chi connectivity index (χ2n) is 7.20. The van der Waals surface area contributed by atoms with E-state index in [-0.39, 0.29) is 23.7 Å². The van der Waals surface area contributed by atoms with Crippen LogP contribution in [0.3, 0.4) is 0 Å². The van der Waals surface area contributed by atoms with Crippen LogP contribution in [0, 0.1) is 0 Å². The SMILES string of the molecule is CN(C)c1ccc(NC(=O)c2cccc(C(F)(F)F)c2)cc1C(=O)NCc1cccnc1. The summed E-state index contributed by atoms with van der Waals surface area (Å²) in [6.07, 6.45) is -1.28. The van der Waals surface area contributed by atoms with Crippen molar-refractivity contribution in [3.8, 4) is 0 Å². The highest BCUT2D eigenvalue weighted by atomic mass is 19.4. The summed E-state index contributed by atoms with van der Waals surface area (Å²) >= 11 is 0. The van der Waals surface area contributed by atoms with E-state index in [4.69, 9.17) is 0 Å². The second-order valence-corrected chi connectivity index (χ2v) is 7.20. The summed E-state index contributed by atoms with van der Waals surface area (Å²) in [5.74, 6) is -1.08. The zero-order chi connectivity index (χ0) is 23.3. The van der Waals surface area contributed by atoms with Crippen molar-refractivity contribution in [2.75, 3.05) is 24.3 Å². The zero-order valence-corrected chi connectivity index (χ0v) is 17.4. The van der Waals surface area contributed by atoms with Crippen LogP contribution in [-0.2, 0) is 12.7 Å². The lowest BCUT2D eigenvalue weighted by Crippen LogP contribution is -2.26. The number of pyridine rings is 1. The summed E-state index contributed by atoms with van der Waals surface area (Å²) in [4.78, 5) is 31.1. The highest BCUT2D eigenvalue weighted by Gasteiger charge is 2.31. The Balaban J connectivity index is 1.81. The summed E-state index contributed by atoms with van der Waals surface area (Å²) in [5.41, 5.74) is 0.972. The molecule has 1 aromatic heterocycles. The number of hydrogen-bond donors (Lipinski definition) is 2. The fourth-order valence-electron chi connectivity index (χ4n) is 3.01. The molecule has 0 saturated carbocycles. The van der Waals surface area contributed by atoms with Gasteiger partial charge in [-0.3, -0.25) is 14.6 Å². The van der Waals surface area contributed by atoms with E-state index >= 15 is 0 Å². The average Bonchev–Trinajstić information content (AvgIpc) is 2.77. The van der Waals surface area contributed by atoms with Gasteiger partial charge in [-0.25, -0.2) is 0 Å². The molecule has 6 nitrogen and oxygen atoms in total. The van der Waals surface area contributed by atoms with Crippen LogP contribution in [-0.4, -0.2) is 30.9 Å². The number of nitrogens with zero attached hydrogens (tertiary/aromatic N) is 2. The van der Waals surface area contributed by atoms with Crippen LogP contribution in [0.2, 0.25) is 0 Å². The molecule has 166 valence electrons. The maximum atomic E-state index is 12.9. The quantitative estimate of drug-likeness (QED) is 0.595. The molecule has 2 amide bonds. The van der Waals surface area contributed by atoms with Crippen molar-refractivity contribution < 1.29 is 22.8 Å². The summed E-state index contributed by atoms with van der Waals surface area (Å²) in [7, 11) is 3.54. The second kappa shape index (κ2) is 9.51. The lowest BCUT2D eigenvalue weighted by atomic mass is 10.1. The van der Waals surface area contributed by atoms with Crippen molar-refractivity contribution in [3.63, 3.8) is 0 Å². The van der Waals surface area contributed by atoms with E-state index in [9.17, 15) is 22.8 Å². The van der Waals surface area contributed by atoms with E-state index in [1.165, 1.54) is 18.2 Å². The van der Waals surface area contributed by atoms with Gasteiger partial charge in [-0.2, -0.15) is 13.2 Å². The number of halogens is 3. The third-order valence-electron chi connectivity index (χ3n) is 4.61. The monoisotopic (exact) mass is 442 g/mol. The number of hydrogen-bond acceptors (Lipinski definition) is 4. The maximum absolute atomic E-state index is 12.9. The molecule has 9 heteroatoms. The minimum Gasteiger partial charge on any atom is -0.377 e. The predicted octanol–water partition coefficient (Wildman–Crippen LogP) is 4.35. The molecule has 3 aromatic rings. The van der Waals surface area contributed by atoms with Gasteiger partial charge in [-0.15, -0.1) is 0 Å². The van der Waals surface area contributed by atoms with Gasteiger partial charge in [0.1, 0.15) is 0 Å². The highest BCUT2D eigenvalue weighted by molar-refractivity contribution is 6.06. The molecule has 2 N–H and O–H groups in total. The van der Waals surface area contributed by atoms with Gasteiger partial charge in [0.05, 0.1) is 11.1 Å². The Kier molecular flexibility index (Phi) is 6.77. The number of benzene rings is 2. The first-order valence-corrected chi connectivity index (χ1v) is 9.62. The lowest BCUT2D eigenvalue weighted by molar-refractivity contribution is -0.137. The van der Waals surface area contributed by atoms with Crippen molar-refractivity contribution in [1.82, 2.24) is 10.3 Å². The Hall–Kier alpha value is -3.88. The van der Waals surface area contributed by atoms with Crippen LogP contribution < -0.4 is 15.5 Å². The molecular weight excluding hydrogens is 421 g/mol. The Bertz CT molecular complexity index is 1120. The van der Waals surface area contributed by atoms with E-state index in [0.717, 1.165) is 17.7 Å². The third kappa shape index (κ3) is 5.63. The number of alkyl halides is 3. The van der Waals surface area contributed by atoms with E-state index in [1.54, 1.807) is 49.6 Å². The molecule has 2 aromatic carbocycles. The number of anilines is 2. The summed E-state index contributed by atoms with van der Waals surface area (Å²) in [5, 5.41) is 5.36. The topological polar surface area (TPSA) is 74.3 Å². The van der Waals surface area contributed by atoms with Crippen molar-refractivity contribution in [2.45, 2.75) is 12.7 Å². The minimum atomic E-state index is -4.55. The molecule has 32 heavy (non-hydrogen) atoms. The zero-order valence-electron chi connectivity index (χ0n) is 17.4. The number of aromatic nitrogens is 1. The van der Waals surface area contributed by atoms with Gasteiger partial charge < -0.3 is 15.5 Å². The largest absolute Gasteiger partial charge is 0.416 e. The first-order chi connectivity index (χ1) is 15.1. The molecule has 0 bridgehead atoms. The highest BCUT2D eigenvalue weighted by Crippen LogP contribution is 2.30. The van der Waals surface area contributed by atoms with Gasteiger partial charge in [-0.05, 0) is 48.0 Å². The van der Waals surface area contributed by atoms with Crippen LogP contribution >= 0.6 is 0 Å². The van der Waals surface area contributed by atoms with Gasteiger partial charge in [0.25, 0.3) is 11.8 Å². The van der Waals surface area contributed by atoms with Crippen molar-refractivity contribution in [1.29, 1.82) is 0 Å². The normalized spacial score (nSPS) is 11.0. The van der Waals surface area contributed by atoms with Crippen LogP contribution in [0.25, 0.3) is 0 Å². The van der Waals surface area contributed by atoms with Gasteiger partial charge in [0, 0.05) is 50.0 Å². The smallest absolute Gasteiger partial charge is 0.377 e. The molecule has 0 aliphatic carbocycles. The van der Waals surface area contributed by atoms with Crippen LogP contribution in [0.1, 0.15) is 31.8 Å². The van der Waals surface area contributed by atoms with Gasteiger partial charge in [0.2, 0.25) is 0 Å². The molecule has 0 unspecified atom stereocenters. The third-order valence-corrected chi connectivity index (χ3v) is 4.61. The van der Waals surface area contributed by atoms with Crippen LogP contribution in [0.4, 0.5) is 24.5 Å². The fraction of sp³-hybridized carbons (Fsp3) is 0.174. The maximum Gasteiger partial charge on any atom is 0.416 e. The van der Waals surface area contributed by atoms with E-state index in [2.05, 4.69) is 15.6 Å². The molecule has 0 fully saturated rings. The standard InChI is InChI=1S/C23H21F3N4O2/c1-30(2)20-9-8-18(12-19(20)22(32)28-14-15-5-4-10-27-13-15)29-21(31)16-6-3-7-17(11-16)23(24,25)26/h3-13H,14H2,1-2H3,(H,28,32)(H,29,31). The summed E-state index contributed by atoms with van der Waals surface area (Å²) < 4.78 is 38.8. The van der Waals surface area contributed by atoms with Crippen molar-refractivity contribution in [3.05, 3.63) is 89.2 Å². The van der Waals surface area contributed by atoms with Crippen LogP contribution in [0.5, 0.6) is 0 Å². The van der Waals surface area contributed by atoms with Crippen LogP contribution in [0.15, 0.2) is 67.0 Å². The number of carbonyl (C=O) groups is 2. The molecule has 0 aliphatic heterocycles.